The average Bonchev–Trinajstić information content (AvgIpc) is 2.88. The molecule has 3 aliphatic carbocycles. The first-order valence-electron chi connectivity index (χ1n) is 11.2. The molecule has 34 heavy (non-hydrogen) atoms. The van der Waals surface area contributed by atoms with Crippen LogP contribution in [0.3, 0.4) is 0 Å². The number of aliphatic hydroxyl groups is 5. The van der Waals surface area contributed by atoms with Crippen LogP contribution in [0, 0.1) is 11.3 Å². The molecule has 5 aliphatic rings. The summed E-state index contributed by atoms with van der Waals surface area (Å²) in [5, 5.41) is 51.0. The highest BCUT2D eigenvalue weighted by Crippen LogP contribution is 2.73. The number of ether oxygens (including phenoxy) is 4. The summed E-state index contributed by atoms with van der Waals surface area (Å²) in [7, 11) is 0. The number of hydrogen-bond acceptors (Lipinski definition) is 11. The molecule has 5 N–H and O–H groups in total. The number of carbonyl (C=O) groups is 2. The van der Waals surface area contributed by atoms with E-state index in [4.69, 9.17) is 18.9 Å². The van der Waals surface area contributed by atoms with Crippen LogP contribution < -0.4 is 0 Å². The molecular weight excluding hydrogens is 452 g/mol. The number of benzene rings is 1. The fourth-order valence-electron chi connectivity index (χ4n) is 6.19. The van der Waals surface area contributed by atoms with Crippen LogP contribution in [0.1, 0.15) is 30.1 Å². The van der Waals surface area contributed by atoms with Crippen LogP contribution in [0.5, 0.6) is 0 Å². The molecule has 2 saturated heterocycles. The summed E-state index contributed by atoms with van der Waals surface area (Å²) >= 11 is 0. The lowest BCUT2D eigenvalue weighted by molar-refractivity contribution is -0.394. The highest BCUT2D eigenvalue weighted by atomic mass is 16.7. The lowest BCUT2D eigenvalue weighted by Crippen LogP contribution is -2.80. The van der Waals surface area contributed by atoms with Gasteiger partial charge in [0.15, 0.2) is 6.29 Å². The van der Waals surface area contributed by atoms with Crippen LogP contribution >= 0.6 is 0 Å². The van der Waals surface area contributed by atoms with Gasteiger partial charge in [-0.05, 0) is 25.5 Å². The number of aliphatic hydroxyl groups excluding tert-OH is 5. The molecule has 2 aliphatic heterocycles. The SMILES string of the molecule is C[C@@]12C[C@H](O)[C@H]3C[C@@]1(O[C@@H]1O[C@H](CO)[C@@H](O)[C@H](O)[C@H]1O)[C@@]3(COC(=O)c1ccccc1)C(=O)O2. The third kappa shape index (κ3) is 2.95. The number of rotatable bonds is 6. The Morgan fingerprint density at radius 3 is 2.47 bits per heavy atom. The minimum Gasteiger partial charge on any atom is -0.461 e. The van der Waals surface area contributed by atoms with E-state index in [1.54, 1.807) is 37.3 Å². The van der Waals surface area contributed by atoms with Crippen LogP contribution in [0.2, 0.25) is 0 Å². The van der Waals surface area contributed by atoms with Crippen LogP contribution in [0.15, 0.2) is 30.3 Å². The molecule has 186 valence electrons. The molecule has 11 heteroatoms. The van der Waals surface area contributed by atoms with E-state index in [1.165, 1.54) is 0 Å². The zero-order chi connectivity index (χ0) is 24.5. The van der Waals surface area contributed by atoms with Gasteiger partial charge in [0.05, 0.1) is 18.3 Å². The van der Waals surface area contributed by atoms with Crippen molar-refractivity contribution in [2.75, 3.05) is 13.2 Å². The molecule has 4 bridgehead atoms. The Balaban J connectivity index is 1.46. The first-order chi connectivity index (χ1) is 16.1. The first-order valence-corrected chi connectivity index (χ1v) is 11.2. The molecular formula is C23H28O11. The monoisotopic (exact) mass is 480 g/mol. The van der Waals surface area contributed by atoms with Crippen LogP contribution in [0.4, 0.5) is 0 Å². The van der Waals surface area contributed by atoms with Crippen molar-refractivity contribution in [3.8, 4) is 0 Å². The molecule has 0 spiro atoms. The predicted molar refractivity (Wildman–Crippen MR) is 110 cm³/mol. The van der Waals surface area contributed by atoms with Gasteiger partial charge in [-0.25, -0.2) is 4.79 Å². The Morgan fingerprint density at radius 1 is 1.09 bits per heavy atom. The summed E-state index contributed by atoms with van der Waals surface area (Å²) in [6.45, 7) is 0.508. The molecule has 6 rings (SSSR count). The van der Waals surface area contributed by atoms with Crippen molar-refractivity contribution in [1.82, 2.24) is 0 Å². The molecule has 0 unspecified atom stereocenters. The maximum atomic E-state index is 13.2. The zero-order valence-electron chi connectivity index (χ0n) is 18.4. The molecule has 1 aromatic rings. The van der Waals surface area contributed by atoms with Crippen molar-refractivity contribution in [2.24, 2.45) is 11.3 Å². The number of esters is 2. The minimum atomic E-state index is -1.69. The zero-order valence-corrected chi connectivity index (χ0v) is 18.4. The van der Waals surface area contributed by atoms with Crippen molar-refractivity contribution < 1.29 is 54.1 Å². The molecule has 2 heterocycles. The van der Waals surface area contributed by atoms with Gasteiger partial charge >= 0.3 is 11.9 Å². The summed E-state index contributed by atoms with van der Waals surface area (Å²) in [6.07, 6.45) is -8.41. The van der Waals surface area contributed by atoms with E-state index in [-0.39, 0.29) is 18.4 Å². The summed E-state index contributed by atoms with van der Waals surface area (Å²) in [4.78, 5) is 25.9. The Hall–Kier alpha value is -2.12. The molecule has 0 radical (unpaired) electrons. The molecule has 3 saturated carbocycles. The van der Waals surface area contributed by atoms with Gasteiger partial charge < -0.3 is 44.5 Å². The Morgan fingerprint density at radius 2 is 1.79 bits per heavy atom. The van der Waals surface area contributed by atoms with Gasteiger partial charge in [0, 0.05) is 12.3 Å². The van der Waals surface area contributed by atoms with Crippen LogP contribution in [0.25, 0.3) is 0 Å². The van der Waals surface area contributed by atoms with E-state index in [0.717, 1.165) is 0 Å². The van der Waals surface area contributed by atoms with Gasteiger partial charge in [-0.3, -0.25) is 4.79 Å². The van der Waals surface area contributed by atoms with Crippen molar-refractivity contribution in [1.29, 1.82) is 0 Å². The Bertz CT molecular complexity index is 969. The maximum Gasteiger partial charge on any atom is 0.338 e. The predicted octanol–water partition coefficient (Wildman–Crippen LogP) is -1.51. The average molecular weight is 480 g/mol. The standard InChI is InChI=1S/C23H28O11/c1-21-8-13(25)12-7-23(21,33-19-17(28)16(27)15(26)14(9-24)32-19)22(12,20(30)34-21)10-31-18(29)11-5-3-2-4-6-11/h2-6,12-17,19,24-28H,7-10H2,1H3/t12-,13+,14-,15-,16+,17-,19+,21-,22-,23+/m1/s1. The van der Waals surface area contributed by atoms with Crippen molar-refractivity contribution in [3.05, 3.63) is 35.9 Å². The second-order valence-corrected chi connectivity index (χ2v) is 9.76. The van der Waals surface area contributed by atoms with Crippen LogP contribution in [-0.4, -0.2) is 98.7 Å². The molecule has 11 nitrogen and oxygen atoms in total. The summed E-state index contributed by atoms with van der Waals surface area (Å²) in [6, 6.07) is 8.20. The second kappa shape index (κ2) is 7.95. The lowest BCUT2D eigenvalue weighted by atomic mass is 9.40. The summed E-state index contributed by atoms with van der Waals surface area (Å²) in [5.74, 6) is -2.00. The molecule has 0 aromatic heterocycles. The van der Waals surface area contributed by atoms with Gasteiger partial charge in [0.1, 0.15) is 47.6 Å². The molecule has 5 fully saturated rings. The number of hydrogen-bond donors (Lipinski definition) is 5. The largest absolute Gasteiger partial charge is 0.461 e. The van der Waals surface area contributed by atoms with E-state index in [9.17, 15) is 35.1 Å². The fourth-order valence-corrected chi connectivity index (χ4v) is 6.19. The number of carbonyl (C=O) groups excluding carboxylic acids is 2. The third-order valence-electron chi connectivity index (χ3n) is 8.07. The lowest BCUT2D eigenvalue weighted by Gasteiger charge is -2.66. The third-order valence-corrected chi connectivity index (χ3v) is 8.07. The van der Waals surface area contributed by atoms with E-state index in [0.29, 0.717) is 0 Å². The summed E-state index contributed by atoms with van der Waals surface area (Å²) < 4.78 is 22.9. The quantitative estimate of drug-likeness (QED) is 0.300. The first kappa shape index (κ1) is 23.6. The Kier molecular flexibility index (Phi) is 5.52. The van der Waals surface area contributed by atoms with Gasteiger partial charge in [-0.1, -0.05) is 18.2 Å². The van der Waals surface area contributed by atoms with E-state index < -0.39 is 84.5 Å². The van der Waals surface area contributed by atoms with E-state index in [1.807, 2.05) is 0 Å². The van der Waals surface area contributed by atoms with Crippen molar-refractivity contribution in [3.63, 3.8) is 0 Å². The van der Waals surface area contributed by atoms with Gasteiger partial charge in [0.2, 0.25) is 0 Å². The molecule has 0 amide bonds. The summed E-state index contributed by atoms with van der Waals surface area (Å²) in [5.41, 5.74) is -4.08. The normalized spacial score (nSPS) is 47.0. The van der Waals surface area contributed by atoms with E-state index in [2.05, 4.69) is 0 Å². The van der Waals surface area contributed by atoms with Crippen molar-refractivity contribution >= 4 is 11.9 Å². The Labute approximate surface area is 194 Å². The smallest absolute Gasteiger partial charge is 0.338 e. The maximum absolute atomic E-state index is 13.2. The topological polar surface area (TPSA) is 172 Å². The van der Waals surface area contributed by atoms with E-state index >= 15 is 0 Å². The molecule has 1 aromatic carbocycles. The minimum absolute atomic E-state index is 0.0508. The van der Waals surface area contributed by atoms with Gasteiger partial charge in [-0.15, -0.1) is 0 Å². The van der Waals surface area contributed by atoms with Gasteiger partial charge in [-0.2, -0.15) is 0 Å². The van der Waals surface area contributed by atoms with Gasteiger partial charge in [0.25, 0.3) is 0 Å². The van der Waals surface area contributed by atoms with Crippen LogP contribution in [-0.2, 0) is 23.7 Å². The number of fused-ring (bicyclic) bond motifs is 1. The van der Waals surface area contributed by atoms with Crippen molar-refractivity contribution in [2.45, 2.75) is 67.8 Å². The second-order valence-electron chi connectivity index (χ2n) is 9.76. The highest BCUT2D eigenvalue weighted by molar-refractivity contribution is 5.90. The molecule has 10 atom stereocenters. The fraction of sp³-hybridized carbons (Fsp3) is 0.652. The highest BCUT2D eigenvalue weighted by Gasteiger charge is 2.88.